The first-order chi connectivity index (χ1) is 15.2. The molecule has 0 atom stereocenters. The van der Waals surface area contributed by atoms with Crippen LogP contribution in [0.1, 0.15) is 58.3 Å². The summed E-state index contributed by atoms with van der Waals surface area (Å²) in [5.41, 5.74) is 1.26. The third-order valence-electron chi connectivity index (χ3n) is 6.62. The van der Waals surface area contributed by atoms with Gasteiger partial charge in [-0.15, -0.1) is 0 Å². The van der Waals surface area contributed by atoms with Crippen LogP contribution in [0, 0.1) is 17.2 Å². The first kappa shape index (κ1) is 23.4. The summed E-state index contributed by atoms with van der Waals surface area (Å²) in [6.45, 7) is 8.28. The van der Waals surface area contributed by atoms with Crippen LogP contribution in [0.3, 0.4) is 0 Å². The van der Waals surface area contributed by atoms with Crippen molar-refractivity contribution in [3.63, 3.8) is 0 Å². The van der Waals surface area contributed by atoms with Gasteiger partial charge < -0.3 is 15.0 Å². The van der Waals surface area contributed by atoms with Crippen molar-refractivity contribution in [2.75, 3.05) is 44.2 Å². The number of nitrogens with zero attached hydrogens (tertiary/aromatic N) is 3. The minimum Gasteiger partial charge on any atom is -0.494 e. The van der Waals surface area contributed by atoms with E-state index in [0.29, 0.717) is 31.9 Å². The molecule has 0 spiro atoms. The molecule has 2 aliphatic rings. The molecule has 1 amide bonds. The van der Waals surface area contributed by atoms with Crippen molar-refractivity contribution < 1.29 is 9.53 Å². The van der Waals surface area contributed by atoms with E-state index in [1.807, 2.05) is 13.0 Å². The Morgan fingerprint density at radius 1 is 1.19 bits per heavy atom. The highest BCUT2D eigenvalue weighted by Gasteiger charge is 2.24. The lowest BCUT2D eigenvalue weighted by Crippen LogP contribution is -2.47. The van der Waals surface area contributed by atoms with Crippen LogP contribution in [0.15, 0.2) is 24.3 Å². The Morgan fingerprint density at radius 3 is 2.68 bits per heavy atom. The third kappa shape index (κ3) is 7.74. The van der Waals surface area contributed by atoms with Crippen LogP contribution in [-0.4, -0.2) is 56.2 Å². The fraction of sp³-hybridized carbons (Fsp3) is 0.680. The van der Waals surface area contributed by atoms with Gasteiger partial charge in [0, 0.05) is 56.8 Å². The highest BCUT2D eigenvalue weighted by molar-refractivity contribution is 5.76. The zero-order chi connectivity index (χ0) is 21.9. The van der Waals surface area contributed by atoms with Gasteiger partial charge in [-0.3, -0.25) is 9.69 Å². The quantitative estimate of drug-likeness (QED) is 0.574. The molecule has 0 aromatic heterocycles. The lowest BCUT2D eigenvalue weighted by atomic mass is 9.84. The maximum atomic E-state index is 11.9. The monoisotopic (exact) mass is 426 g/mol. The van der Waals surface area contributed by atoms with Crippen LogP contribution in [0.4, 0.5) is 5.69 Å². The number of unbranched alkanes of at least 4 members (excludes halogenated alkanes) is 1. The van der Waals surface area contributed by atoms with Gasteiger partial charge in [0.25, 0.3) is 0 Å². The smallest absolute Gasteiger partial charge is 0.220 e. The number of nitriles is 1. The highest BCUT2D eigenvalue weighted by Crippen LogP contribution is 2.28. The van der Waals surface area contributed by atoms with Crippen molar-refractivity contribution in [1.82, 2.24) is 10.2 Å². The summed E-state index contributed by atoms with van der Waals surface area (Å²) < 4.78 is 5.64. The lowest BCUT2D eigenvalue weighted by Gasteiger charge is -2.37. The molecule has 2 fully saturated rings. The van der Waals surface area contributed by atoms with E-state index in [9.17, 15) is 4.79 Å². The average molecular weight is 427 g/mol. The topological polar surface area (TPSA) is 68.6 Å². The number of ether oxygens (including phenoxy) is 1. The predicted molar refractivity (Wildman–Crippen MR) is 124 cm³/mol. The van der Waals surface area contributed by atoms with Crippen LogP contribution in [-0.2, 0) is 4.79 Å². The molecule has 170 valence electrons. The minimum absolute atomic E-state index is 0.114. The Labute approximate surface area is 187 Å². The first-order valence-corrected chi connectivity index (χ1v) is 12.0. The van der Waals surface area contributed by atoms with Crippen molar-refractivity contribution >= 4 is 11.6 Å². The number of amides is 1. The fourth-order valence-corrected chi connectivity index (χ4v) is 4.75. The van der Waals surface area contributed by atoms with E-state index in [0.717, 1.165) is 50.7 Å². The number of benzene rings is 1. The molecule has 0 bridgehead atoms. The summed E-state index contributed by atoms with van der Waals surface area (Å²) in [6.07, 6.45) is 7.51. The van der Waals surface area contributed by atoms with Crippen LogP contribution < -0.4 is 15.0 Å². The van der Waals surface area contributed by atoms with Crippen molar-refractivity contribution in [3.05, 3.63) is 24.3 Å². The summed E-state index contributed by atoms with van der Waals surface area (Å²) in [5, 5.41) is 11.7. The van der Waals surface area contributed by atoms with Gasteiger partial charge >= 0.3 is 0 Å². The van der Waals surface area contributed by atoms with Crippen LogP contribution in [0.2, 0.25) is 0 Å². The minimum atomic E-state index is 0.114. The summed E-state index contributed by atoms with van der Waals surface area (Å²) in [4.78, 5) is 17.0. The van der Waals surface area contributed by atoms with E-state index in [1.165, 1.54) is 31.5 Å². The Bertz CT molecular complexity index is 716. The standard InChI is InChI=1S/C25H38N4O2/c1-2-31-24-7-5-6-23(20-24)29-18-16-28(17-19-29)15-13-21-9-11-22(12-10-21)27-25(30)8-3-4-14-26/h5-7,20-22H,2-4,8-13,15-19H2,1H3,(H,27,30). The van der Waals surface area contributed by atoms with Gasteiger partial charge in [0.2, 0.25) is 5.91 Å². The number of nitrogens with one attached hydrogen (secondary N) is 1. The molecule has 0 radical (unpaired) electrons. The Kier molecular flexibility index (Phi) is 9.48. The summed E-state index contributed by atoms with van der Waals surface area (Å²) in [6, 6.07) is 10.9. The zero-order valence-corrected chi connectivity index (χ0v) is 19.0. The highest BCUT2D eigenvalue weighted by atomic mass is 16.5. The van der Waals surface area contributed by atoms with E-state index in [1.54, 1.807) is 0 Å². The van der Waals surface area contributed by atoms with Gasteiger partial charge in [0.05, 0.1) is 12.7 Å². The zero-order valence-electron chi connectivity index (χ0n) is 19.0. The average Bonchev–Trinajstić information content (AvgIpc) is 2.80. The molecular weight excluding hydrogens is 388 g/mol. The molecule has 6 heteroatoms. The van der Waals surface area contributed by atoms with Crippen LogP contribution >= 0.6 is 0 Å². The normalized spacial score (nSPS) is 22.0. The molecule has 31 heavy (non-hydrogen) atoms. The molecule has 1 N–H and O–H groups in total. The van der Waals surface area contributed by atoms with Crippen molar-refractivity contribution in [3.8, 4) is 11.8 Å². The van der Waals surface area contributed by atoms with E-state index >= 15 is 0 Å². The van der Waals surface area contributed by atoms with E-state index in [-0.39, 0.29) is 5.91 Å². The van der Waals surface area contributed by atoms with Gasteiger partial charge in [0.15, 0.2) is 0 Å². The number of rotatable bonds is 10. The molecular formula is C25H38N4O2. The second-order valence-electron chi connectivity index (χ2n) is 8.84. The Balaban J connectivity index is 1.30. The van der Waals surface area contributed by atoms with Crippen molar-refractivity contribution in [1.29, 1.82) is 5.26 Å². The number of hydrogen-bond acceptors (Lipinski definition) is 5. The van der Waals surface area contributed by atoms with Gasteiger partial charge in [0.1, 0.15) is 5.75 Å². The Hall–Kier alpha value is -2.26. The molecule has 1 heterocycles. The summed E-state index contributed by atoms with van der Waals surface area (Å²) >= 11 is 0. The maximum absolute atomic E-state index is 11.9. The number of carbonyl (C=O) groups excluding carboxylic acids is 1. The summed E-state index contributed by atoms with van der Waals surface area (Å²) in [7, 11) is 0. The number of anilines is 1. The number of carbonyl (C=O) groups is 1. The molecule has 1 aliphatic heterocycles. The van der Waals surface area contributed by atoms with Crippen LogP contribution in [0.5, 0.6) is 5.75 Å². The molecule has 1 saturated heterocycles. The second-order valence-corrected chi connectivity index (χ2v) is 8.84. The number of piperazine rings is 1. The molecule has 3 rings (SSSR count). The molecule has 6 nitrogen and oxygen atoms in total. The summed E-state index contributed by atoms with van der Waals surface area (Å²) in [5.74, 6) is 1.85. The predicted octanol–water partition coefficient (Wildman–Crippen LogP) is 3.97. The molecule has 1 aliphatic carbocycles. The Morgan fingerprint density at radius 2 is 1.97 bits per heavy atom. The fourth-order valence-electron chi connectivity index (χ4n) is 4.75. The number of hydrogen-bond donors (Lipinski definition) is 1. The molecule has 1 aromatic carbocycles. The van der Waals surface area contributed by atoms with Gasteiger partial charge in [-0.1, -0.05) is 6.07 Å². The molecule has 1 aromatic rings. The first-order valence-electron chi connectivity index (χ1n) is 12.0. The van der Waals surface area contributed by atoms with E-state index in [2.05, 4.69) is 39.4 Å². The van der Waals surface area contributed by atoms with Gasteiger partial charge in [-0.25, -0.2) is 0 Å². The van der Waals surface area contributed by atoms with Crippen LogP contribution in [0.25, 0.3) is 0 Å². The van der Waals surface area contributed by atoms with E-state index in [4.69, 9.17) is 10.00 Å². The van der Waals surface area contributed by atoms with Crippen molar-refractivity contribution in [2.45, 2.75) is 64.3 Å². The molecule has 0 unspecified atom stereocenters. The molecule has 1 saturated carbocycles. The third-order valence-corrected chi connectivity index (χ3v) is 6.62. The van der Waals surface area contributed by atoms with Gasteiger partial charge in [-0.2, -0.15) is 5.26 Å². The maximum Gasteiger partial charge on any atom is 0.220 e. The lowest BCUT2D eigenvalue weighted by molar-refractivity contribution is -0.122. The van der Waals surface area contributed by atoms with Gasteiger partial charge in [-0.05, 0) is 70.0 Å². The largest absolute Gasteiger partial charge is 0.494 e. The van der Waals surface area contributed by atoms with E-state index < -0.39 is 0 Å². The second kappa shape index (κ2) is 12.6. The van der Waals surface area contributed by atoms with Crippen molar-refractivity contribution in [2.24, 2.45) is 5.92 Å². The SMILES string of the molecule is CCOc1cccc(N2CCN(CCC3CCC(NC(=O)CCCC#N)CC3)CC2)c1.